The number of nitrogens with two attached hydrogens (primary N) is 1. The SMILES string of the molecule is NC(=O)OC[C@@H]1CN(c2ccc3cc(-c4ccccc4C(F)(F)F)[nH]c(=O)c3c2)C(=O)O1. The Balaban J connectivity index is 1.68. The monoisotopic (exact) mass is 447 g/mol. The molecule has 11 heteroatoms. The molecule has 8 nitrogen and oxygen atoms in total. The Labute approximate surface area is 178 Å². The van der Waals surface area contributed by atoms with E-state index in [4.69, 9.17) is 10.5 Å². The molecule has 1 saturated heterocycles. The van der Waals surface area contributed by atoms with E-state index in [1.54, 1.807) is 6.07 Å². The molecule has 1 aromatic heterocycles. The summed E-state index contributed by atoms with van der Waals surface area (Å²) in [5.41, 5.74) is 3.64. The Morgan fingerprint density at radius 2 is 1.94 bits per heavy atom. The van der Waals surface area contributed by atoms with Crippen molar-refractivity contribution in [2.45, 2.75) is 12.3 Å². The average molecular weight is 447 g/mol. The quantitative estimate of drug-likeness (QED) is 0.634. The number of amides is 2. The lowest BCUT2D eigenvalue weighted by atomic mass is 10.0. The lowest BCUT2D eigenvalue weighted by Gasteiger charge is -2.15. The minimum absolute atomic E-state index is 0.0208. The topological polar surface area (TPSA) is 115 Å². The largest absolute Gasteiger partial charge is 0.446 e. The van der Waals surface area contributed by atoms with Crippen LogP contribution in [0.1, 0.15) is 5.56 Å². The van der Waals surface area contributed by atoms with E-state index < -0.39 is 35.6 Å². The molecule has 1 aliphatic heterocycles. The molecule has 0 unspecified atom stereocenters. The minimum Gasteiger partial charge on any atom is -0.446 e. The molecule has 0 saturated carbocycles. The third-order valence-corrected chi connectivity index (χ3v) is 4.95. The summed E-state index contributed by atoms with van der Waals surface area (Å²) in [6, 6.07) is 10.9. The Hall–Kier alpha value is -4.02. The van der Waals surface area contributed by atoms with Gasteiger partial charge >= 0.3 is 18.4 Å². The number of alkyl halides is 3. The summed E-state index contributed by atoms with van der Waals surface area (Å²) in [7, 11) is 0. The highest BCUT2D eigenvalue weighted by Gasteiger charge is 2.34. The zero-order valence-electron chi connectivity index (χ0n) is 16.3. The first-order chi connectivity index (χ1) is 15.1. The van der Waals surface area contributed by atoms with Crippen LogP contribution in [0.2, 0.25) is 0 Å². The molecule has 1 fully saturated rings. The molecule has 2 aromatic carbocycles. The predicted molar refractivity (Wildman–Crippen MR) is 108 cm³/mol. The van der Waals surface area contributed by atoms with Crippen LogP contribution < -0.4 is 16.2 Å². The van der Waals surface area contributed by atoms with Crippen LogP contribution in [-0.2, 0) is 15.7 Å². The van der Waals surface area contributed by atoms with Crippen molar-refractivity contribution in [3.63, 3.8) is 0 Å². The summed E-state index contributed by atoms with van der Waals surface area (Å²) in [6.45, 7) is -0.153. The number of nitrogens with zero attached hydrogens (tertiary/aromatic N) is 1. The molecule has 166 valence electrons. The van der Waals surface area contributed by atoms with Crippen LogP contribution in [0.25, 0.3) is 22.0 Å². The van der Waals surface area contributed by atoms with Crippen LogP contribution >= 0.6 is 0 Å². The van der Waals surface area contributed by atoms with Gasteiger partial charge in [-0.1, -0.05) is 24.3 Å². The van der Waals surface area contributed by atoms with Gasteiger partial charge in [0.05, 0.1) is 12.1 Å². The highest BCUT2D eigenvalue weighted by Crippen LogP contribution is 2.36. The molecular weight excluding hydrogens is 431 g/mol. The van der Waals surface area contributed by atoms with Gasteiger partial charge in [-0.3, -0.25) is 9.69 Å². The lowest BCUT2D eigenvalue weighted by molar-refractivity contribution is -0.137. The van der Waals surface area contributed by atoms with Gasteiger partial charge in [0.1, 0.15) is 6.61 Å². The van der Waals surface area contributed by atoms with Crippen LogP contribution in [-0.4, -0.2) is 36.4 Å². The zero-order chi connectivity index (χ0) is 23.0. The summed E-state index contributed by atoms with van der Waals surface area (Å²) in [4.78, 5) is 39.3. The van der Waals surface area contributed by atoms with Gasteiger partial charge in [-0.15, -0.1) is 0 Å². The number of halogens is 3. The number of carbonyl (C=O) groups excluding carboxylic acids is 2. The van der Waals surface area contributed by atoms with Gasteiger partial charge in [-0.05, 0) is 29.7 Å². The van der Waals surface area contributed by atoms with E-state index in [1.165, 1.54) is 41.3 Å². The molecule has 0 radical (unpaired) electrons. The second-order valence-corrected chi connectivity index (χ2v) is 7.07. The summed E-state index contributed by atoms with van der Waals surface area (Å²) >= 11 is 0. The number of hydrogen-bond acceptors (Lipinski definition) is 5. The van der Waals surface area contributed by atoms with Gasteiger partial charge in [0.2, 0.25) is 0 Å². The van der Waals surface area contributed by atoms with Gasteiger partial charge in [-0.25, -0.2) is 9.59 Å². The van der Waals surface area contributed by atoms with Gasteiger partial charge < -0.3 is 20.2 Å². The fraction of sp³-hybridized carbons (Fsp3) is 0.190. The van der Waals surface area contributed by atoms with E-state index in [1.807, 2.05) is 0 Å². The number of hydrogen-bond donors (Lipinski definition) is 2. The zero-order valence-corrected chi connectivity index (χ0v) is 16.3. The number of nitrogens with one attached hydrogen (secondary N) is 1. The maximum absolute atomic E-state index is 13.4. The van der Waals surface area contributed by atoms with Crippen molar-refractivity contribution >= 4 is 28.6 Å². The first-order valence-electron chi connectivity index (χ1n) is 9.37. The summed E-state index contributed by atoms with van der Waals surface area (Å²) in [6.07, 6.45) is -7.02. The van der Waals surface area contributed by atoms with Crippen molar-refractivity contribution in [1.82, 2.24) is 4.98 Å². The highest BCUT2D eigenvalue weighted by molar-refractivity contribution is 5.94. The number of fused-ring (bicyclic) bond motifs is 1. The number of aromatic amines is 1. The number of aromatic nitrogens is 1. The molecule has 0 aliphatic carbocycles. The number of primary amides is 1. The number of rotatable bonds is 4. The molecule has 32 heavy (non-hydrogen) atoms. The van der Waals surface area contributed by atoms with Gasteiger partial charge in [0.25, 0.3) is 5.56 Å². The van der Waals surface area contributed by atoms with Gasteiger partial charge in [0.15, 0.2) is 6.10 Å². The minimum atomic E-state index is -4.59. The van der Waals surface area contributed by atoms with E-state index in [0.29, 0.717) is 11.1 Å². The molecule has 0 spiro atoms. The average Bonchev–Trinajstić information content (AvgIpc) is 3.12. The third-order valence-electron chi connectivity index (χ3n) is 4.95. The van der Waals surface area contributed by atoms with Gasteiger partial charge in [-0.2, -0.15) is 13.2 Å². The molecule has 0 bridgehead atoms. The molecule has 3 aromatic rings. The third kappa shape index (κ3) is 4.09. The number of H-pyrrole nitrogens is 1. The Morgan fingerprint density at radius 3 is 2.66 bits per heavy atom. The maximum atomic E-state index is 13.4. The van der Waals surface area contributed by atoms with Crippen molar-refractivity contribution in [3.05, 3.63) is 64.4 Å². The van der Waals surface area contributed by atoms with Crippen molar-refractivity contribution in [1.29, 1.82) is 0 Å². The predicted octanol–water partition coefficient (Wildman–Crippen LogP) is 3.63. The Morgan fingerprint density at radius 1 is 1.19 bits per heavy atom. The van der Waals surface area contributed by atoms with E-state index in [-0.39, 0.29) is 29.8 Å². The smallest absolute Gasteiger partial charge is 0.417 e. The number of anilines is 1. The molecule has 1 atom stereocenters. The van der Waals surface area contributed by atoms with Crippen molar-refractivity contribution in [3.8, 4) is 11.3 Å². The Kier molecular flexibility index (Phi) is 5.25. The number of pyridine rings is 1. The van der Waals surface area contributed by atoms with E-state index in [2.05, 4.69) is 9.72 Å². The number of cyclic esters (lactones) is 1. The van der Waals surface area contributed by atoms with Crippen LogP contribution in [0, 0.1) is 0 Å². The fourth-order valence-corrected chi connectivity index (χ4v) is 3.52. The highest BCUT2D eigenvalue weighted by atomic mass is 19.4. The first-order valence-corrected chi connectivity index (χ1v) is 9.37. The second-order valence-electron chi connectivity index (χ2n) is 7.07. The molecule has 2 amide bonds. The lowest BCUT2D eigenvalue weighted by Crippen LogP contribution is -2.27. The summed E-state index contributed by atoms with van der Waals surface area (Å²) in [5.74, 6) is 0. The summed E-state index contributed by atoms with van der Waals surface area (Å²) < 4.78 is 49.8. The van der Waals surface area contributed by atoms with E-state index in [0.717, 1.165) is 6.07 Å². The van der Waals surface area contributed by atoms with E-state index >= 15 is 0 Å². The molecule has 4 rings (SSSR count). The Bertz CT molecular complexity index is 1270. The van der Waals surface area contributed by atoms with Crippen LogP contribution in [0.3, 0.4) is 0 Å². The molecule has 2 heterocycles. The van der Waals surface area contributed by atoms with Crippen molar-refractivity contribution in [2.24, 2.45) is 5.73 Å². The second kappa shape index (κ2) is 7.91. The number of benzene rings is 2. The number of carbonyl (C=O) groups is 2. The first kappa shape index (κ1) is 21.2. The maximum Gasteiger partial charge on any atom is 0.417 e. The standard InChI is InChI=1S/C21H16F3N3O5/c22-21(23,24)16-4-2-1-3-14(16)17-7-11-5-6-12(8-15(11)18(28)26-17)27-9-13(32-20(27)30)10-31-19(25)29/h1-8,13H,9-10H2,(H2,25,29)(H,26,28)/t13-/m0/s1. The normalized spacial score (nSPS) is 16.3. The van der Waals surface area contributed by atoms with Gasteiger partial charge in [0, 0.05) is 22.3 Å². The molecule has 3 N–H and O–H groups in total. The van der Waals surface area contributed by atoms with Crippen LogP contribution in [0.15, 0.2) is 53.3 Å². The molecule has 1 aliphatic rings. The van der Waals surface area contributed by atoms with Crippen molar-refractivity contribution in [2.75, 3.05) is 18.1 Å². The summed E-state index contributed by atoms with van der Waals surface area (Å²) in [5, 5.41) is 0.575. The van der Waals surface area contributed by atoms with Crippen molar-refractivity contribution < 1.29 is 32.2 Å². The van der Waals surface area contributed by atoms with Crippen LogP contribution in [0.5, 0.6) is 0 Å². The van der Waals surface area contributed by atoms with E-state index in [9.17, 15) is 27.6 Å². The van der Waals surface area contributed by atoms with Crippen LogP contribution in [0.4, 0.5) is 28.4 Å². The molecular formula is C21H16F3N3O5. The number of ether oxygens (including phenoxy) is 2. The fourth-order valence-electron chi connectivity index (χ4n) is 3.52.